The van der Waals surface area contributed by atoms with Gasteiger partial charge in [0.2, 0.25) is 0 Å². The van der Waals surface area contributed by atoms with E-state index < -0.39 is 0 Å². The first kappa shape index (κ1) is 16.9. The highest BCUT2D eigenvalue weighted by Gasteiger charge is 2.13. The Morgan fingerprint density at radius 1 is 0.765 bits per heavy atom. The van der Waals surface area contributed by atoms with Gasteiger partial charge in [-0.1, -0.05) is 20.8 Å². The molecule has 0 aliphatic carbocycles. The standard InChI is InChI=1S/C7H15N.C4H9N.C4H10/c1-7(2)8-5-3-4-6-8;1-2-4-5-3-1;1-4(2)3/h7H,3-6H2,1-2H3;5H,1-4H2;4H,1-3H3. The van der Waals surface area contributed by atoms with Gasteiger partial charge in [0.05, 0.1) is 0 Å². The van der Waals surface area contributed by atoms with Crippen LogP contribution in [0.3, 0.4) is 0 Å². The maximum atomic E-state index is 3.22. The number of nitrogens with zero attached hydrogens (tertiary/aromatic N) is 1. The molecular weight excluding hydrogens is 208 g/mol. The summed E-state index contributed by atoms with van der Waals surface area (Å²) >= 11 is 0. The molecule has 0 aromatic heterocycles. The predicted octanol–water partition coefficient (Wildman–Crippen LogP) is 3.52. The third-order valence-corrected chi connectivity index (χ3v) is 2.83. The molecule has 2 saturated heterocycles. The number of rotatable bonds is 1. The molecule has 0 aromatic carbocycles. The van der Waals surface area contributed by atoms with Crippen molar-refractivity contribution in [2.75, 3.05) is 26.2 Å². The van der Waals surface area contributed by atoms with Gasteiger partial charge in [-0.2, -0.15) is 0 Å². The molecule has 0 atom stereocenters. The first-order chi connectivity index (χ1) is 8.04. The van der Waals surface area contributed by atoms with Crippen molar-refractivity contribution in [3.8, 4) is 0 Å². The van der Waals surface area contributed by atoms with E-state index in [0.29, 0.717) is 0 Å². The van der Waals surface area contributed by atoms with E-state index in [1.807, 2.05) is 0 Å². The van der Waals surface area contributed by atoms with E-state index in [9.17, 15) is 0 Å². The van der Waals surface area contributed by atoms with Crippen LogP contribution >= 0.6 is 0 Å². The average Bonchev–Trinajstić information content (AvgIpc) is 2.94. The summed E-state index contributed by atoms with van der Waals surface area (Å²) in [5.41, 5.74) is 0. The van der Waals surface area contributed by atoms with Crippen molar-refractivity contribution >= 4 is 0 Å². The Balaban J connectivity index is 0.000000246. The fourth-order valence-electron chi connectivity index (χ4n) is 1.88. The van der Waals surface area contributed by atoms with Gasteiger partial charge < -0.3 is 10.2 Å². The van der Waals surface area contributed by atoms with Crippen molar-refractivity contribution in [3.05, 3.63) is 0 Å². The lowest BCUT2D eigenvalue weighted by Crippen LogP contribution is -2.26. The Morgan fingerprint density at radius 2 is 1.18 bits per heavy atom. The third kappa shape index (κ3) is 12.2. The number of likely N-dealkylation sites (tertiary alicyclic amines) is 1. The summed E-state index contributed by atoms with van der Waals surface area (Å²) in [6.45, 7) is 16.2. The van der Waals surface area contributed by atoms with Gasteiger partial charge in [-0.15, -0.1) is 0 Å². The molecule has 1 N–H and O–H groups in total. The Kier molecular flexibility index (Phi) is 11.0. The third-order valence-electron chi connectivity index (χ3n) is 2.83. The summed E-state index contributed by atoms with van der Waals surface area (Å²) in [6.07, 6.45) is 5.61. The zero-order chi connectivity index (χ0) is 13.1. The van der Waals surface area contributed by atoms with Crippen LogP contribution in [-0.4, -0.2) is 37.1 Å². The topological polar surface area (TPSA) is 15.3 Å². The van der Waals surface area contributed by atoms with E-state index in [1.54, 1.807) is 0 Å². The molecule has 0 unspecified atom stereocenters. The molecule has 0 spiro atoms. The van der Waals surface area contributed by atoms with Crippen molar-refractivity contribution in [3.63, 3.8) is 0 Å². The van der Waals surface area contributed by atoms with Crippen LogP contribution in [0, 0.1) is 5.92 Å². The second-order valence-corrected chi connectivity index (χ2v) is 6.03. The van der Waals surface area contributed by atoms with Crippen molar-refractivity contribution < 1.29 is 0 Å². The summed E-state index contributed by atoms with van der Waals surface area (Å²) in [5.74, 6) is 0.833. The van der Waals surface area contributed by atoms with E-state index in [2.05, 4.69) is 44.8 Å². The lowest BCUT2D eigenvalue weighted by Gasteiger charge is -2.18. The fraction of sp³-hybridized carbons (Fsp3) is 1.00. The van der Waals surface area contributed by atoms with E-state index >= 15 is 0 Å². The van der Waals surface area contributed by atoms with Gasteiger partial charge in [0.1, 0.15) is 0 Å². The van der Waals surface area contributed by atoms with Crippen LogP contribution in [0.1, 0.15) is 60.3 Å². The second-order valence-electron chi connectivity index (χ2n) is 6.03. The summed E-state index contributed by atoms with van der Waals surface area (Å²) in [4.78, 5) is 2.53. The molecule has 0 bridgehead atoms. The largest absolute Gasteiger partial charge is 0.317 e. The van der Waals surface area contributed by atoms with Gasteiger partial charge in [0, 0.05) is 6.04 Å². The van der Waals surface area contributed by atoms with Crippen molar-refractivity contribution in [1.82, 2.24) is 10.2 Å². The van der Waals surface area contributed by atoms with Gasteiger partial charge in [0.25, 0.3) is 0 Å². The van der Waals surface area contributed by atoms with Crippen molar-refractivity contribution in [2.45, 2.75) is 66.3 Å². The van der Waals surface area contributed by atoms with E-state index in [4.69, 9.17) is 0 Å². The van der Waals surface area contributed by atoms with Gasteiger partial charge in [-0.05, 0) is 71.6 Å². The van der Waals surface area contributed by atoms with Crippen LogP contribution in [0.5, 0.6) is 0 Å². The first-order valence-electron chi connectivity index (χ1n) is 7.48. The molecule has 2 nitrogen and oxygen atoms in total. The predicted molar refractivity (Wildman–Crippen MR) is 78.6 cm³/mol. The average molecular weight is 242 g/mol. The normalized spacial score (nSPS) is 19.9. The monoisotopic (exact) mass is 242 g/mol. The van der Waals surface area contributed by atoms with Crippen LogP contribution in [-0.2, 0) is 0 Å². The fourth-order valence-corrected chi connectivity index (χ4v) is 1.88. The molecule has 104 valence electrons. The molecule has 0 radical (unpaired) electrons. The summed E-state index contributed by atoms with van der Waals surface area (Å²) in [5, 5.41) is 3.22. The molecule has 0 saturated carbocycles. The number of hydrogen-bond acceptors (Lipinski definition) is 2. The first-order valence-corrected chi connectivity index (χ1v) is 7.48. The van der Waals surface area contributed by atoms with Gasteiger partial charge in [-0.25, -0.2) is 0 Å². The maximum Gasteiger partial charge on any atom is 0.00385 e. The molecular formula is C15H34N2. The lowest BCUT2D eigenvalue weighted by atomic mass is 10.3. The highest BCUT2D eigenvalue weighted by molar-refractivity contribution is 4.68. The summed E-state index contributed by atoms with van der Waals surface area (Å²) < 4.78 is 0. The van der Waals surface area contributed by atoms with Gasteiger partial charge >= 0.3 is 0 Å². The molecule has 2 aliphatic rings. The second kappa shape index (κ2) is 11.0. The zero-order valence-corrected chi connectivity index (χ0v) is 12.8. The molecule has 2 rings (SSSR count). The minimum Gasteiger partial charge on any atom is -0.317 e. The summed E-state index contributed by atoms with van der Waals surface area (Å²) in [6, 6.07) is 0.775. The Bertz CT molecular complexity index is 135. The molecule has 2 aliphatic heterocycles. The van der Waals surface area contributed by atoms with Crippen LogP contribution in [0.2, 0.25) is 0 Å². The van der Waals surface area contributed by atoms with Crippen LogP contribution in [0.25, 0.3) is 0 Å². The minimum absolute atomic E-state index is 0.775. The van der Waals surface area contributed by atoms with Crippen molar-refractivity contribution in [2.24, 2.45) is 5.92 Å². The van der Waals surface area contributed by atoms with E-state index in [-0.39, 0.29) is 0 Å². The molecule has 0 aromatic rings. The van der Waals surface area contributed by atoms with E-state index in [0.717, 1.165) is 12.0 Å². The highest BCUT2D eigenvalue weighted by Crippen LogP contribution is 2.09. The number of hydrogen-bond donors (Lipinski definition) is 1. The Labute approximate surface area is 109 Å². The SMILES string of the molecule is C1CCNC1.CC(C)C.CC(C)N1CCCC1. The Hall–Kier alpha value is -0.0800. The van der Waals surface area contributed by atoms with E-state index in [1.165, 1.54) is 51.9 Å². The van der Waals surface area contributed by atoms with Crippen LogP contribution < -0.4 is 5.32 Å². The molecule has 0 amide bonds. The number of nitrogens with one attached hydrogen (secondary N) is 1. The molecule has 2 fully saturated rings. The highest BCUT2D eigenvalue weighted by atomic mass is 15.2. The van der Waals surface area contributed by atoms with Crippen LogP contribution in [0.4, 0.5) is 0 Å². The Morgan fingerprint density at radius 3 is 1.35 bits per heavy atom. The zero-order valence-electron chi connectivity index (χ0n) is 12.8. The molecule has 2 heterocycles. The van der Waals surface area contributed by atoms with Crippen molar-refractivity contribution in [1.29, 1.82) is 0 Å². The lowest BCUT2D eigenvalue weighted by molar-refractivity contribution is 0.276. The maximum absolute atomic E-state index is 3.22. The quantitative estimate of drug-likeness (QED) is 0.757. The smallest absolute Gasteiger partial charge is 0.00385 e. The minimum atomic E-state index is 0.775. The van der Waals surface area contributed by atoms with Gasteiger partial charge in [0.15, 0.2) is 0 Å². The summed E-state index contributed by atoms with van der Waals surface area (Å²) in [7, 11) is 0. The van der Waals surface area contributed by atoms with Crippen LogP contribution in [0.15, 0.2) is 0 Å². The van der Waals surface area contributed by atoms with Gasteiger partial charge in [-0.3, -0.25) is 0 Å². The molecule has 2 heteroatoms. The molecule has 17 heavy (non-hydrogen) atoms.